The molecule has 0 aliphatic rings. The molecule has 108 valence electrons. The number of nitrogens with one attached hydrogen (secondary N) is 1. The molecular weight excluding hydrogens is 328 g/mol. The predicted molar refractivity (Wildman–Crippen MR) is 74.4 cm³/mol. The van der Waals surface area contributed by atoms with Crippen LogP contribution in [0.1, 0.15) is 17.8 Å². The minimum Gasteiger partial charge on any atom is -0.207 e. The standard InChI is InChI=1S/C12H10ClF2NO2S2/c1-7(10-4-5-12(13)19-10)16-20(17,18)11-6-8(14)2-3-9(11)15/h2-7,16H,1H3. The van der Waals surface area contributed by atoms with Crippen LogP contribution in [0.3, 0.4) is 0 Å². The third-order valence-electron chi connectivity index (χ3n) is 2.54. The Labute approximate surface area is 124 Å². The molecular formula is C12H10ClF2NO2S2. The first kappa shape index (κ1) is 15.4. The summed E-state index contributed by atoms with van der Waals surface area (Å²) < 4.78 is 53.5. The van der Waals surface area contributed by atoms with Crippen molar-refractivity contribution in [1.82, 2.24) is 4.72 Å². The van der Waals surface area contributed by atoms with E-state index in [2.05, 4.69) is 4.72 Å². The first-order valence-electron chi connectivity index (χ1n) is 5.52. The lowest BCUT2D eigenvalue weighted by Crippen LogP contribution is -2.27. The number of hydrogen-bond donors (Lipinski definition) is 1. The molecule has 2 rings (SSSR count). The molecule has 1 aromatic heterocycles. The highest BCUT2D eigenvalue weighted by molar-refractivity contribution is 7.89. The Morgan fingerprint density at radius 2 is 1.95 bits per heavy atom. The van der Waals surface area contributed by atoms with Crippen LogP contribution in [0.5, 0.6) is 0 Å². The van der Waals surface area contributed by atoms with E-state index in [0.717, 1.165) is 12.1 Å². The van der Waals surface area contributed by atoms with E-state index >= 15 is 0 Å². The zero-order chi connectivity index (χ0) is 14.9. The van der Waals surface area contributed by atoms with Crippen LogP contribution in [0, 0.1) is 11.6 Å². The number of thiophene rings is 1. The quantitative estimate of drug-likeness (QED) is 0.924. The van der Waals surface area contributed by atoms with Crippen molar-refractivity contribution in [3.63, 3.8) is 0 Å². The molecule has 0 amide bonds. The zero-order valence-corrected chi connectivity index (χ0v) is 12.6. The maximum atomic E-state index is 13.5. The van der Waals surface area contributed by atoms with E-state index in [1.165, 1.54) is 11.3 Å². The highest BCUT2D eigenvalue weighted by Gasteiger charge is 2.23. The highest BCUT2D eigenvalue weighted by Crippen LogP contribution is 2.28. The fourth-order valence-electron chi connectivity index (χ4n) is 1.60. The Hall–Kier alpha value is -1.02. The van der Waals surface area contributed by atoms with Gasteiger partial charge in [0.1, 0.15) is 16.5 Å². The molecule has 1 atom stereocenters. The number of sulfonamides is 1. The Balaban J connectivity index is 2.29. The van der Waals surface area contributed by atoms with E-state index in [1.54, 1.807) is 19.1 Å². The second-order valence-electron chi connectivity index (χ2n) is 4.06. The highest BCUT2D eigenvalue weighted by atomic mass is 35.5. The molecule has 0 aliphatic carbocycles. The van der Waals surface area contributed by atoms with Gasteiger partial charge in [0.2, 0.25) is 10.0 Å². The van der Waals surface area contributed by atoms with Crippen LogP contribution >= 0.6 is 22.9 Å². The summed E-state index contributed by atoms with van der Waals surface area (Å²) in [4.78, 5) is -0.0395. The van der Waals surface area contributed by atoms with E-state index in [4.69, 9.17) is 11.6 Å². The van der Waals surface area contributed by atoms with Crippen LogP contribution in [0.25, 0.3) is 0 Å². The SMILES string of the molecule is CC(NS(=O)(=O)c1cc(F)ccc1F)c1ccc(Cl)s1. The molecule has 3 nitrogen and oxygen atoms in total. The molecule has 0 spiro atoms. The Bertz CT molecular complexity index is 731. The smallest absolute Gasteiger partial charge is 0.207 e. The zero-order valence-electron chi connectivity index (χ0n) is 10.2. The second-order valence-corrected chi connectivity index (χ2v) is 7.49. The van der Waals surface area contributed by atoms with Crippen molar-refractivity contribution >= 4 is 33.0 Å². The van der Waals surface area contributed by atoms with Gasteiger partial charge < -0.3 is 0 Å². The molecule has 1 aromatic carbocycles. The summed E-state index contributed by atoms with van der Waals surface area (Å²) in [6.07, 6.45) is 0. The van der Waals surface area contributed by atoms with Gasteiger partial charge in [-0.25, -0.2) is 21.9 Å². The van der Waals surface area contributed by atoms with Crippen LogP contribution in [-0.2, 0) is 10.0 Å². The van der Waals surface area contributed by atoms with E-state index < -0.39 is 32.6 Å². The Morgan fingerprint density at radius 1 is 1.25 bits per heavy atom. The lowest BCUT2D eigenvalue weighted by atomic mass is 10.3. The molecule has 1 unspecified atom stereocenters. The van der Waals surface area contributed by atoms with Crippen molar-refractivity contribution in [2.24, 2.45) is 0 Å². The average Bonchev–Trinajstić information content (AvgIpc) is 2.78. The van der Waals surface area contributed by atoms with E-state index in [0.29, 0.717) is 15.3 Å². The van der Waals surface area contributed by atoms with Gasteiger partial charge in [-0.15, -0.1) is 11.3 Å². The Morgan fingerprint density at radius 3 is 2.55 bits per heavy atom. The summed E-state index contributed by atoms with van der Waals surface area (Å²) in [6.45, 7) is 1.59. The number of benzene rings is 1. The molecule has 1 N–H and O–H groups in total. The fraction of sp³-hybridized carbons (Fsp3) is 0.167. The van der Waals surface area contributed by atoms with Crippen LogP contribution < -0.4 is 4.72 Å². The van der Waals surface area contributed by atoms with Crippen molar-refractivity contribution in [2.75, 3.05) is 0 Å². The Kier molecular flexibility index (Phi) is 4.43. The predicted octanol–water partition coefficient (Wildman–Crippen LogP) is 3.72. The average molecular weight is 338 g/mol. The van der Waals surface area contributed by atoms with Crippen molar-refractivity contribution < 1.29 is 17.2 Å². The number of rotatable bonds is 4. The molecule has 0 saturated carbocycles. The molecule has 8 heteroatoms. The summed E-state index contributed by atoms with van der Waals surface area (Å²) in [5, 5.41) is 0. The summed E-state index contributed by atoms with van der Waals surface area (Å²) >= 11 is 6.98. The van der Waals surface area contributed by atoms with Gasteiger partial charge >= 0.3 is 0 Å². The van der Waals surface area contributed by atoms with Gasteiger partial charge in [0.05, 0.1) is 10.4 Å². The lowest BCUT2D eigenvalue weighted by Gasteiger charge is -2.13. The molecule has 0 bridgehead atoms. The van der Waals surface area contributed by atoms with Gasteiger partial charge in [0.15, 0.2) is 0 Å². The van der Waals surface area contributed by atoms with E-state index in [-0.39, 0.29) is 0 Å². The lowest BCUT2D eigenvalue weighted by molar-refractivity contribution is 0.539. The van der Waals surface area contributed by atoms with Gasteiger partial charge in [-0.2, -0.15) is 0 Å². The normalized spacial score (nSPS) is 13.4. The maximum absolute atomic E-state index is 13.5. The van der Waals surface area contributed by atoms with Crippen molar-refractivity contribution in [1.29, 1.82) is 0 Å². The molecule has 20 heavy (non-hydrogen) atoms. The van der Waals surface area contributed by atoms with Gasteiger partial charge in [0, 0.05) is 4.88 Å². The largest absolute Gasteiger partial charge is 0.244 e. The molecule has 0 radical (unpaired) electrons. The number of hydrogen-bond acceptors (Lipinski definition) is 3. The summed E-state index contributed by atoms with van der Waals surface area (Å²) in [7, 11) is -4.15. The first-order valence-corrected chi connectivity index (χ1v) is 8.20. The maximum Gasteiger partial charge on any atom is 0.244 e. The number of halogens is 3. The fourth-order valence-corrected chi connectivity index (χ4v) is 4.05. The van der Waals surface area contributed by atoms with Gasteiger partial charge in [-0.05, 0) is 37.3 Å². The summed E-state index contributed by atoms with van der Waals surface area (Å²) in [6, 6.07) is 4.98. The summed E-state index contributed by atoms with van der Waals surface area (Å²) in [5.41, 5.74) is 0. The van der Waals surface area contributed by atoms with Crippen LogP contribution in [-0.4, -0.2) is 8.42 Å². The van der Waals surface area contributed by atoms with E-state index in [9.17, 15) is 17.2 Å². The van der Waals surface area contributed by atoms with Crippen LogP contribution in [0.2, 0.25) is 4.34 Å². The molecule has 0 aliphatic heterocycles. The molecule has 0 fully saturated rings. The van der Waals surface area contributed by atoms with Gasteiger partial charge in [-0.1, -0.05) is 11.6 Å². The minimum absolute atomic E-state index is 0.517. The van der Waals surface area contributed by atoms with Crippen molar-refractivity contribution in [3.8, 4) is 0 Å². The van der Waals surface area contributed by atoms with Crippen molar-refractivity contribution in [2.45, 2.75) is 17.9 Å². The third-order valence-corrected chi connectivity index (χ3v) is 5.51. The first-order chi connectivity index (χ1) is 9.29. The van der Waals surface area contributed by atoms with Crippen LogP contribution in [0.15, 0.2) is 35.2 Å². The van der Waals surface area contributed by atoms with Gasteiger partial charge in [0.25, 0.3) is 0 Å². The van der Waals surface area contributed by atoms with Gasteiger partial charge in [-0.3, -0.25) is 0 Å². The molecule has 1 heterocycles. The van der Waals surface area contributed by atoms with Crippen molar-refractivity contribution in [3.05, 3.63) is 51.2 Å². The second kappa shape index (κ2) is 5.77. The third kappa shape index (κ3) is 3.35. The minimum atomic E-state index is -4.15. The summed E-state index contributed by atoms with van der Waals surface area (Å²) in [5.74, 6) is -1.83. The molecule has 2 aromatic rings. The topological polar surface area (TPSA) is 46.2 Å². The molecule has 0 saturated heterocycles. The van der Waals surface area contributed by atoms with E-state index in [1.807, 2.05) is 0 Å². The monoisotopic (exact) mass is 337 g/mol. The van der Waals surface area contributed by atoms with Crippen LogP contribution in [0.4, 0.5) is 8.78 Å².